The Morgan fingerprint density at radius 2 is 2.03 bits per heavy atom. The maximum Gasteiger partial charge on any atom is 0.490 e. The second-order valence-corrected chi connectivity index (χ2v) is 9.27. The lowest BCUT2D eigenvalue weighted by Crippen LogP contribution is -2.71. The van der Waals surface area contributed by atoms with Gasteiger partial charge in [-0.2, -0.15) is 18.4 Å². The second kappa shape index (κ2) is 11.3. The Labute approximate surface area is 205 Å². The smallest absolute Gasteiger partial charge is 0.477 e. The molecule has 6 N–H and O–H groups in total. The van der Waals surface area contributed by atoms with E-state index in [1.165, 1.54) is 17.1 Å². The van der Waals surface area contributed by atoms with Crippen LogP contribution in [0.1, 0.15) is 5.69 Å². The van der Waals surface area contributed by atoms with Crippen LogP contribution in [0.3, 0.4) is 0 Å². The molecule has 35 heavy (non-hydrogen) atoms. The molecule has 0 radical (unpaired) electrons. The minimum absolute atomic E-state index is 0.0590. The third-order valence-electron chi connectivity index (χ3n) is 4.06. The number of rotatable bonds is 6. The lowest BCUT2D eigenvalue weighted by atomic mass is 10.0. The largest absolute Gasteiger partial charge is 0.490 e. The van der Waals surface area contributed by atoms with Crippen molar-refractivity contribution < 1.29 is 47.8 Å². The van der Waals surface area contributed by atoms with E-state index in [9.17, 15) is 32.7 Å². The monoisotopic (exact) mass is 554 g/mol. The van der Waals surface area contributed by atoms with Gasteiger partial charge in [-0.25, -0.2) is 14.6 Å². The van der Waals surface area contributed by atoms with Gasteiger partial charge < -0.3 is 26.5 Å². The number of hydrogen-bond donors (Lipinski definition) is 5. The Kier molecular flexibility index (Phi) is 8.94. The van der Waals surface area contributed by atoms with Crippen LogP contribution in [0.25, 0.3) is 0 Å². The van der Waals surface area contributed by atoms with Crippen LogP contribution < -0.4 is 11.1 Å². The summed E-state index contributed by atoms with van der Waals surface area (Å²) in [7, 11) is 0. The molecule has 13 nitrogen and oxygen atoms in total. The topological polar surface area (TPSA) is 219 Å². The summed E-state index contributed by atoms with van der Waals surface area (Å²) < 4.78 is 31.7. The summed E-state index contributed by atoms with van der Waals surface area (Å²) >= 11 is 3.38. The molecule has 0 aliphatic carbocycles. The van der Waals surface area contributed by atoms with Crippen molar-refractivity contribution in [3.8, 4) is 6.07 Å². The summed E-state index contributed by atoms with van der Waals surface area (Å²) in [6.45, 7) is 0. The highest BCUT2D eigenvalue weighted by Gasteiger charge is 2.54. The molecule has 2 aliphatic rings. The van der Waals surface area contributed by atoms with Gasteiger partial charge in [-0.1, -0.05) is 5.16 Å². The number of thioether (sulfide) groups is 2. The maximum atomic E-state index is 12.5. The number of nitriles is 1. The zero-order chi connectivity index (χ0) is 26.5. The van der Waals surface area contributed by atoms with Crippen molar-refractivity contribution in [2.24, 2.45) is 5.16 Å². The molecule has 188 valence electrons. The zero-order valence-corrected chi connectivity index (χ0v) is 19.3. The highest BCUT2D eigenvalue weighted by molar-refractivity contribution is 8.06. The van der Waals surface area contributed by atoms with Gasteiger partial charge >= 0.3 is 18.1 Å². The molecular formula is C16H13F3N6O7S3. The number of thiazole rings is 1. The number of hydrogen-bond acceptors (Lipinski definition) is 12. The molecule has 19 heteroatoms. The minimum Gasteiger partial charge on any atom is -0.477 e. The number of amides is 2. The van der Waals surface area contributed by atoms with Crippen LogP contribution in [0.4, 0.5) is 18.3 Å². The predicted molar refractivity (Wildman–Crippen MR) is 116 cm³/mol. The Morgan fingerprint density at radius 1 is 1.40 bits per heavy atom. The summed E-state index contributed by atoms with van der Waals surface area (Å²) in [6.07, 6.45) is -5.08. The Morgan fingerprint density at radius 3 is 2.49 bits per heavy atom. The number of nitrogens with zero attached hydrogens (tertiary/aromatic N) is 4. The van der Waals surface area contributed by atoms with Crippen molar-refractivity contribution in [3.63, 3.8) is 0 Å². The minimum atomic E-state index is -5.08. The van der Waals surface area contributed by atoms with Crippen molar-refractivity contribution in [3.05, 3.63) is 21.7 Å². The summed E-state index contributed by atoms with van der Waals surface area (Å²) in [5.41, 5.74) is 4.98. The molecule has 0 spiro atoms. The molecule has 2 amide bonds. The molecule has 0 unspecified atom stereocenters. The number of nitrogens with one attached hydrogen (secondary N) is 1. The molecule has 2 aliphatic heterocycles. The number of β-lactam (4-membered cyclic amide) rings is 1. The maximum absolute atomic E-state index is 12.5. The molecule has 1 aromatic heterocycles. The number of carboxylic acids is 2. The fourth-order valence-corrected chi connectivity index (χ4v) is 5.48. The molecule has 0 saturated carbocycles. The van der Waals surface area contributed by atoms with Crippen LogP contribution in [0.15, 0.2) is 21.1 Å². The first kappa shape index (κ1) is 27.7. The molecule has 3 rings (SSSR count). The van der Waals surface area contributed by atoms with E-state index in [1.807, 2.05) is 6.07 Å². The van der Waals surface area contributed by atoms with Gasteiger partial charge in [0.25, 0.3) is 11.8 Å². The van der Waals surface area contributed by atoms with E-state index in [4.69, 9.17) is 26.1 Å². The number of anilines is 1. The van der Waals surface area contributed by atoms with Gasteiger partial charge in [0.2, 0.25) is 0 Å². The number of nitrogens with two attached hydrogens (primary N) is 1. The van der Waals surface area contributed by atoms with Crippen LogP contribution in [0.5, 0.6) is 0 Å². The van der Waals surface area contributed by atoms with E-state index in [1.54, 1.807) is 0 Å². The SMILES string of the molecule is N#CCSC1=C(C(=O)O)N2C(=O)[C@@H](NC(=O)/C(=N\O)c3csc(N)n3)[C@H]2SC1.O=C(O)C(F)(F)F. The number of halogens is 3. The first-order valence-electron chi connectivity index (χ1n) is 8.78. The van der Waals surface area contributed by atoms with Crippen LogP contribution in [0, 0.1) is 11.3 Å². The molecule has 0 bridgehead atoms. The molecule has 0 aromatic carbocycles. The van der Waals surface area contributed by atoms with E-state index in [0.717, 1.165) is 28.0 Å². The summed E-state index contributed by atoms with van der Waals surface area (Å²) in [4.78, 5) is 50.8. The van der Waals surface area contributed by atoms with Gasteiger partial charge in [0, 0.05) is 16.0 Å². The molecule has 1 fully saturated rings. The number of oxime groups is 1. The average Bonchev–Trinajstić information content (AvgIpc) is 3.21. The van der Waals surface area contributed by atoms with Crippen molar-refractivity contribution in [2.45, 2.75) is 17.6 Å². The Bertz CT molecular complexity index is 1150. The van der Waals surface area contributed by atoms with E-state index in [0.29, 0.717) is 10.7 Å². The first-order chi connectivity index (χ1) is 16.3. The molecule has 3 heterocycles. The summed E-state index contributed by atoms with van der Waals surface area (Å²) in [6, 6.07) is 0.932. The van der Waals surface area contributed by atoms with Gasteiger partial charge in [0.1, 0.15) is 22.8 Å². The molecule has 1 saturated heterocycles. The number of alkyl halides is 3. The number of carbonyl (C=O) groups is 4. The van der Waals surface area contributed by atoms with Crippen molar-refractivity contribution in [1.29, 1.82) is 5.26 Å². The standard InChI is InChI=1S/C14H12N6O5S3.C2HF3O2/c15-1-2-26-6-4-27-12-8(11(22)20(12)9(6)13(23)24)18-10(21)7(19-25)5-3-28-14(16)17-5;3-2(4,5)1(6)7/h3,8,12,25H,2,4H2,(H2,16,17)(H,18,21)(H,23,24);(H,6,7)/b19-7-;/t8-,12-;/m1./s1. The zero-order valence-electron chi connectivity index (χ0n) is 16.8. The predicted octanol–water partition coefficient (Wildman–Crippen LogP) is 0.490. The molecule has 2 atom stereocenters. The van der Waals surface area contributed by atoms with Gasteiger partial charge in [0.15, 0.2) is 10.8 Å². The van der Waals surface area contributed by atoms with E-state index >= 15 is 0 Å². The van der Waals surface area contributed by atoms with Crippen molar-refractivity contribution in [2.75, 3.05) is 17.2 Å². The van der Waals surface area contributed by atoms with Gasteiger partial charge in [-0.15, -0.1) is 34.9 Å². The van der Waals surface area contributed by atoms with E-state index in [2.05, 4.69) is 15.5 Å². The molecule has 1 aromatic rings. The van der Waals surface area contributed by atoms with Crippen LogP contribution in [-0.4, -0.2) is 83.9 Å². The normalized spacial score (nSPS) is 19.5. The summed E-state index contributed by atoms with van der Waals surface area (Å²) in [5, 5.41) is 40.8. The number of carbonyl (C=O) groups excluding carboxylic acids is 2. The first-order valence-corrected chi connectivity index (χ1v) is 11.7. The highest BCUT2D eigenvalue weighted by Crippen LogP contribution is 2.43. The number of fused-ring (bicyclic) bond motifs is 1. The van der Waals surface area contributed by atoms with Crippen LogP contribution in [-0.2, 0) is 19.2 Å². The average molecular weight is 555 g/mol. The van der Waals surface area contributed by atoms with Crippen molar-refractivity contribution in [1.82, 2.24) is 15.2 Å². The van der Waals surface area contributed by atoms with E-state index in [-0.39, 0.29) is 22.3 Å². The van der Waals surface area contributed by atoms with Crippen LogP contribution >= 0.6 is 34.9 Å². The molecular weight excluding hydrogens is 541 g/mol. The highest BCUT2D eigenvalue weighted by atomic mass is 32.2. The number of nitrogen functional groups attached to an aromatic ring is 1. The number of aromatic nitrogens is 1. The third kappa shape index (κ3) is 6.34. The second-order valence-electron chi connectivity index (χ2n) is 6.21. The van der Waals surface area contributed by atoms with Crippen LogP contribution in [0.2, 0.25) is 0 Å². The van der Waals surface area contributed by atoms with Gasteiger partial charge in [-0.05, 0) is 0 Å². The van der Waals surface area contributed by atoms with E-state index < -0.39 is 47.1 Å². The fraction of sp³-hybridized carbons (Fsp3) is 0.312. The number of aliphatic carboxylic acids is 2. The Hall–Kier alpha value is -3.50. The lowest BCUT2D eigenvalue weighted by molar-refractivity contribution is -0.192. The fourth-order valence-electron chi connectivity index (χ4n) is 2.64. The summed E-state index contributed by atoms with van der Waals surface area (Å²) in [5.74, 6) is -5.12. The quantitative estimate of drug-likeness (QED) is 0.140. The van der Waals surface area contributed by atoms with Crippen molar-refractivity contribution >= 4 is 69.5 Å². The van der Waals surface area contributed by atoms with Gasteiger partial charge in [0.05, 0.1) is 11.8 Å². The lowest BCUT2D eigenvalue weighted by Gasteiger charge is -2.49. The Balaban J connectivity index is 0.000000540. The third-order valence-corrected chi connectivity index (χ3v) is 7.15. The number of carboxylic acid groups (broad SMARTS) is 2. The van der Waals surface area contributed by atoms with Gasteiger partial charge in [-0.3, -0.25) is 14.5 Å².